The Morgan fingerprint density at radius 1 is 1.18 bits per heavy atom. The minimum absolute atomic E-state index is 0.0810. The van der Waals surface area contributed by atoms with E-state index in [9.17, 15) is 9.90 Å². The molecule has 2 heterocycles. The first-order valence-corrected chi connectivity index (χ1v) is 11.0. The van der Waals surface area contributed by atoms with Crippen molar-refractivity contribution in [1.82, 2.24) is 0 Å². The maximum absolute atomic E-state index is 13.7. The highest BCUT2D eigenvalue weighted by Gasteiger charge is 2.39. The van der Waals surface area contributed by atoms with Gasteiger partial charge in [-0.1, -0.05) is 17.7 Å². The lowest BCUT2D eigenvalue weighted by molar-refractivity contribution is 0.0889. The summed E-state index contributed by atoms with van der Waals surface area (Å²) in [7, 11) is 3.12. The monoisotopic (exact) mass is 450 g/mol. The van der Waals surface area contributed by atoms with E-state index in [0.29, 0.717) is 40.5 Å². The highest BCUT2D eigenvalue weighted by molar-refractivity contribution is 6.08. The molecule has 0 amide bonds. The van der Waals surface area contributed by atoms with Crippen molar-refractivity contribution in [1.29, 1.82) is 0 Å². The zero-order valence-electron chi connectivity index (χ0n) is 19.9. The van der Waals surface area contributed by atoms with Crippen molar-refractivity contribution in [2.45, 2.75) is 45.6 Å². The fourth-order valence-corrected chi connectivity index (χ4v) is 4.22. The van der Waals surface area contributed by atoms with E-state index >= 15 is 0 Å². The number of carbonyl (C=O) groups is 1. The maximum Gasteiger partial charge on any atom is 0.181 e. The van der Waals surface area contributed by atoms with Gasteiger partial charge in [0.05, 0.1) is 25.7 Å². The summed E-state index contributed by atoms with van der Waals surface area (Å²) in [6.45, 7) is 8.04. The summed E-state index contributed by atoms with van der Waals surface area (Å²) >= 11 is 0. The molecule has 0 fully saturated rings. The summed E-state index contributed by atoms with van der Waals surface area (Å²) in [5.74, 6) is 1.19. The van der Waals surface area contributed by atoms with Crippen LogP contribution >= 0.6 is 0 Å². The second kappa shape index (κ2) is 8.50. The number of hydrogen-bond acceptors (Lipinski definition) is 6. The minimum Gasteiger partial charge on any atom is -0.507 e. The van der Waals surface area contributed by atoms with Crippen LogP contribution in [0.15, 0.2) is 35.9 Å². The highest BCUT2D eigenvalue weighted by Crippen LogP contribution is 2.51. The number of ether oxygens (including phenoxy) is 4. The quantitative estimate of drug-likeness (QED) is 0.610. The van der Waals surface area contributed by atoms with Gasteiger partial charge in [0.2, 0.25) is 0 Å². The number of aromatic hydroxyl groups is 1. The summed E-state index contributed by atoms with van der Waals surface area (Å²) in [5.41, 5.74) is 2.79. The lowest BCUT2D eigenvalue weighted by atomic mass is 9.84. The maximum atomic E-state index is 13.7. The normalized spacial score (nSPS) is 17.9. The van der Waals surface area contributed by atoms with Gasteiger partial charge in [0, 0.05) is 5.56 Å². The van der Waals surface area contributed by atoms with Gasteiger partial charge >= 0.3 is 0 Å². The minimum atomic E-state index is -0.581. The van der Waals surface area contributed by atoms with Crippen LogP contribution in [-0.4, -0.2) is 37.3 Å². The van der Waals surface area contributed by atoms with Crippen LogP contribution in [0.1, 0.15) is 60.7 Å². The number of phenols is 1. The van der Waals surface area contributed by atoms with Crippen LogP contribution in [0, 0.1) is 0 Å². The molecule has 1 unspecified atom stereocenters. The third-order valence-electron chi connectivity index (χ3n) is 6.01. The van der Waals surface area contributed by atoms with Crippen LogP contribution in [0.3, 0.4) is 0 Å². The SMILES string of the molecule is COc1ccc(C2COc3c4c(c(CC=C(C)C)c(O)c3C2=O)OC(C)(C)C=C4)cc1OC. The largest absolute Gasteiger partial charge is 0.507 e. The number of ketones is 1. The van der Waals surface area contributed by atoms with Crippen molar-refractivity contribution in [3.05, 3.63) is 58.2 Å². The molecule has 174 valence electrons. The summed E-state index contributed by atoms with van der Waals surface area (Å²) in [5, 5.41) is 11.3. The number of Topliss-reactive ketones (excluding diaryl/α,β-unsaturated/α-hetero) is 1. The van der Waals surface area contributed by atoms with Crippen LogP contribution in [-0.2, 0) is 6.42 Å². The molecule has 2 aliphatic rings. The molecule has 6 nitrogen and oxygen atoms in total. The number of hydrogen-bond donors (Lipinski definition) is 1. The molecule has 2 aromatic carbocycles. The number of methoxy groups -OCH3 is 2. The van der Waals surface area contributed by atoms with E-state index in [2.05, 4.69) is 0 Å². The predicted octanol–water partition coefficient (Wildman–Crippen LogP) is 5.46. The van der Waals surface area contributed by atoms with Gasteiger partial charge in [0.1, 0.15) is 35.0 Å². The summed E-state index contributed by atoms with van der Waals surface area (Å²) < 4.78 is 23.1. The average Bonchev–Trinajstić information content (AvgIpc) is 2.77. The lowest BCUT2D eigenvalue weighted by Crippen LogP contribution is -2.31. The van der Waals surface area contributed by atoms with Crippen molar-refractivity contribution in [3.8, 4) is 28.7 Å². The Bertz CT molecular complexity index is 1170. The van der Waals surface area contributed by atoms with Gasteiger partial charge in [-0.15, -0.1) is 0 Å². The van der Waals surface area contributed by atoms with E-state index in [1.807, 2.05) is 52.0 Å². The molecule has 2 aliphatic heterocycles. The van der Waals surface area contributed by atoms with Crippen LogP contribution in [0.2, 0.25) is 0 Å². The number of rotatable bonds is 5. The second-order valence-electron chi connectivity index (χ2n) is 9.14. The van der Waals surface area contributed by atoms with Gasteiger partial charge < -0.3 is 24.1 Å². The number of benzene rings is 2. The smallest absolute Gasteiger partial charge is 0.181 e. The van der Waals surface area contributed by atoms with Crippen molar-refractivity contribution in [2.24, 2.45) is 0 Å². The Morgan fingerprint density at radius 2 is 1.91 bits per heavy atom. The molecule has 1 atom stereocenters. The molecule has 0 aliphatic carbocycles. The predicted molar refractivity (Wildman–Crippen MR) is 127 cm³/mol. The Labute approximate surface area is 194 Å². The molecule has 0 spiro atoms. The van der Waals surface area contributed by atoms with Gasteiger partial charge in [-0.05, 0) is 64.0 Å². The van der Waals surface area contributed by atoms with Crippen LogP contribution in [0.5, 0.6) is 28.7 Å². The third-order valence-corrected chi connectivity index (χ3v) is 6.01. The van der Waals surface area contributed by atoms with E-state index in [1.54, 1.807) is 26.4 Å². The Balaban J connectivity index is 1.85. The number of phenolic OH excluding ortho intramolecular Hbond substituents is 1. The molecule has 4 rings (SSSR count). The molecule has 2 aromatic rings. The zero-order valence-corrected chi connectivity index (χ0v) is 19.9. The van der Waals surface area contributed by atoms with E-state index in [4.69, 9.17) is 18.9 Å². The third kappa shape index (κ3) is 4.06. The summed E-state index contributed by atoms with van der Waals surface area (Å²) in [6, 6.07) is 5.37. The average molecular weight is 451 g/mol. The number of carbonyl (C=O) groups excluding carboxylic acids is 1. The first-order valence-electron chi connectivity index (χ1n) is 11.0. The molecular formula is C27H30O6. The van der Waals surface area contributed by atoms with E-state index in [-0.39, 0.29) is 23.7 Å². The summed E-state index contributed by atoms with van der Waals surface area (Å²) in [4.78, 5) is 13.7. The highest BCUT2D eigenvalue weighted by atomic mass is 16.5. The molecule has 6 heteroatoms. The second-order valence-corrected chi connectivity index (χ2v) is 9.14. The van der Waals surface area contributed by atoms with Gasteiger partial charge in [-0.2, -0.15) is 0 Å². The molecule has 0 saturated heterocycles. The van der Waals surface area contributed by atoms with Crippen molar-refractivity contribution in [2.75, 3.05) is 20.8 Å². The Kier molecular flexibility index (Phi) is 5.87. The Hall–Kier alpha value is -3.41. The van der Waals surface area contributed by atoms with Gasteiger partial charge in [0.25, 0.3) is 0 Å². The molecular weight excluding hydrogens is 420 g/mol. The molecule has 1 N–H and O–H groups in total. The number of allylic oxidation sites excluding steroid dienone is 2. The van der Waals surface area contributed by atoms with Gasteiger partial charge in [0.15, 0.2) is 17.3 Å². The first-order chi connectivity index (χ1) is 15.7. The van der Waals surface area contributed by atoms with E-state index in [0.717, 1.165) is 11.1 Å². The fourth-order valence-electron chi connectivity index (χ4n) is 4.22. The molecule has 0 bridgehead atoms. The van der Waals surface area contributed by atoms with E-state index in [1.165, 1.54) is 0 Å². The van der Waals surface area contributed by atoms with Crippen LogP contribution < -0.4 is 18.9 Å². The molecule has 0 aromatic heterocycles. The lowest BCUT2D eigenvalue weighted by Gasteiger charge is -2.34. The molecule has 33 heavy (non-hydrogen) atoms. The topological polar surface area (TPSA) is 74.2 Å². The van der Waals surface area contributed by atoms with Crippen molar-refractivity contribution in [3.63, 3.8) is 0 Å². The van der Waals surface area contributed by atoms with Gasteiger partial charge in [-0.25, -0.2) is 0 Å². The van der Waals surface area contributed by atoms with Gasteiger partial charge in [-0.3, -0.25) is 4.79 Å². The van der Waals surface area contributed by atoms with E-state index < -0.39 is 11.5 Å². The molecule has 0 saturated carbocycles. The Morgan fingerprint density at radius 3 is 2.58 bits per heavy atom. The first kappa shape index (κ1) is 22.8. The van der Waals surface area contributed by atoms with Crippen molar-refractivity contribution >= 4 is 11.9 Å². The van der Waals surface area contributed by atoms with Crippen molar-refractivity contribution < 1.29 is 28.8 Å². The standard InChI is InChI=1S/C27H30O6/c1-15(2)7-9-17-23(28)22-24(29)19(16-8-10-20(30-5)21(13-16)31-6)14-32-26(22)18-11-12-27(3,4)33-25(17)18/h7-8,10-13,19,28H,9,14H2,1-6H3. The van der Waals surface area contributed by atoms with Crippen LogP contribution in [0.4, 0.5) is 0 Å². The zero-order chi connectivity index (χ0) is 23.9. The summed E-state index contributed by atoms with van der Waals surface area (Å²) in [6.07, 6.45) is 6.32. The fraction of sp³-hybridized carbons (Fsp3) is 0.370. The number of fused-ring (bicyclic) bond motifs is 3. The molecule has 0 radical (unpaired) electrons. The van der Waals surface area contributed by atoms with Crippen LogP contribution in [0.25, 0.3) is 6.08 Å².